The first kappa shape index (κ1) is 18.0. The Labute approximate surface area is 155 Å². The molecule has 0 spiro atoms. The minimum atomic E-state index is -0.520. The highest BCUT2D eigenvalue weighted by atomic mass is 35.5. The molecule has 2 atom stereocenters. The highest BCUT2D eigenvalue weighted by Crippen LogP contribution is 2.34. The summed E-state index contributed by atoms with van der Waals surface area (Å²) in [5.41, 5.74) is 2.10. The van der Waals surface area contributed by atoms with Crippen LogP contribution in [0.5, 0.6) is 5.75 Å². The second kappa shape index (κ2) is 8.07. The van der Waals surface area contributed by atoms with Gasteiger partial charge in [-0.25, -0.2) is 0 Å². The fraction of sp³-hybridized carbons (Fsp3) is 0.316. The van der Waals surface area contributed by atoms with E-state index >= 15 is 0 Å². The van der Waals surface area contributed by atoms with Gasteiger partial charge in [0.25, 0.3) is 5.91 Å². The maximum Gasteiger partial charge on any atom is 0.262 e. The van der Waals surface area contributed by atoms with Crippen molar-refractivity contribution in [1.82, 2.24) is 5.32 Å². The van der Waals surface area contributed by atoms with Crippen LogP contribution in [0.3, 0.4) is 0 Å². The van der Waals surface area contributed by atoms with Gasteiger partial charge in [-0.3, -0.25) is 4.79 Å². The number of hydrogen-bond donors (Lipinski definition) is 1. The van der Waals surface area contributed by atoms with Crippen molar-refractivity contribution in [3.8, 4) is 5.75 Å². The number of para-hydroxylation sites is 2. The SMILES string of the molecule is CCCNC(=O)C1CN(Cc2cc(Cl)ccc2P)c2ccccc2O1. The molecule has 2 aromatic rings. The molecule has 4 nitrogen and oxygen atoms in total. The van der Waals surface area contributed by atoms with Crippen LogP contribution in [0.4, 0.5) is 5.69 Å². The van der Waals surface area contributed by atoms with Gasteiger partial charge in [-0.15, -0.1) is 9.24 Å². The minimum Gasteiger partial charge on any atom is -0.477 e. The summed E-state index contributed by atoms with van der Waals surface area (Å²) in [4.78, 5) is 14.6. The summed E-state index contributed by atoms with van der Waals surface area (Å²) in [7, 11) is 2.74. The number of nitrogens with one attached hydrogen (secondary N) is 1. The zero-order valence-corrected chi connectivity index (χ0v) is 16.1. The zero-order valence-electron chi connectivity index (χ0n) is 14.2. The lowest BCUT2D eigenvalue weighted by atomic mass is 10.1. The van der Waals surface area contributed by atoms with Crippen molar-refractivity contribution in [1.29, 1.82) is 0 Å². The van der Waals surface area contributed by atoms with Gasteiger partial charge >= 0.3 is 0 Å². The molecular formula is C19H22ClN2O2P. The Morgan fingerprint density at radius 2 is 2.16 bits per heavy atom. The highest BCUT2D eigenvalue weighted by molar-refractivity contribution is 7.27. The predicted molar refractivity (Wildman–Crippen MR) is 106 cm³/mol. The van der Waals surface area contributed by atoms with Gasteiger partial charge in [-0.2, -0.15) is 0 Å². The summed E-state index contributed by atoms with van der Waals surface area (Å²) >= 11 is 6.15. The number of ether oxygens (including phenoxy) is 1. The van der Waals surface area contributed by atoms with E-state index in [-0.39, 0.29) is 5.91 Å². The predicted octanol–water partition coefficient (Wildman–Crippen LogP) is 3.13. The Bertz CT molecular complexity index is 769. The molecule has 1 amide bonds. The Morgan fingerprint density at radius 1 is 1.36 bits per heavy atom. The van der Waals surface area contributed by atoms with Gasteiger partial charge in [-0.1, -0.05) is 36.7 Å². The summed E-state index contributed by atoms with van der Waals surface area (Å²) in [5.74, 6) is 0.663. The highest BCUT2D eigenvalue weighted by Gasteiger charge is 2.30. The van der Waals surface area contributed by atoms with Crippen molar-refractivity contribution in [2.24, 2.45) is 0 Å². The van der Waals surface area contributed by atoms with Crippen LogP contribution in [-0.4, -0.2) is 25.1 Å². The van der Waals surface area contributed by atoms with Crippen LogP contribution in [0.2, 0.25) is 5.02 Å². The number of carbonyl (C=O) groups is 1. The van der Waals surface area contributed by atoms with Gasteiger partial charge in [0.2, 0.25) is 0 Å². The van der Waals surface area contributed by atoms with Crippen LogP contribution in [-0.2, 0) is 11.3 Å². The van der Waals surface area contributed by atoms with Gasteiger partial charge in [0.1, 0.15) is 5.75 Å². The van der Waals surface area contributed by atoms with Crippen molar-refractivity contribution < 1.29 is 9.53 Å². The van der Waals surface area contributed by atoms with Crippen molar-refractivity contribution in [2.45, 2.75) is 26.0 Å². The second-order valence-electron chi connectivity index (χ2n) is 6.09. The van der Waals surface area contributed by atoms with E-state index in [2.05, 4.69) is 19.5 Å². The molecule has 1 aliphatic rings. The number of halogens is 1. The molecule has 25 heavy (non-hydrogen) atoms. The largest absolute Gasteiger partial charge is 0.477 e. The first-order valence-corrected chi connectivity index (χ1v) is 9.36. The van der Waals surface area contributed by atoms with Crippen LogP contribution < -0.4 is 20.3 Å². The van der Waals surface area contributed by atoms with Crippen LogP contribution in [0.15, 0.2) is 42.5 Å². The second-order valence-corrected chi connectivity index (χ2v) is 7.15. The smallest absolute Gasteiger partial charge is 0.262 e. The lowest BCUT2D eigenvalue weighted by Gasteiger charge is -2.36. The van der Waals surface area contributed by atoms with E-state index in [1.165, 1.54) is 0 Å². The Kier molecular flexibility index (Phi) is 5.82. The molecule has 0 saturated heterocycles. The Hall–Kier alpha value is -1.77. The molecule has 0 aliphatic carbocycles. The van der Waals surface area contributed by atoms with Crippen molar-refractivity contribution >= 4 is 37.7 Å². The number of nitrogens with zero attached hydrogens (tertiary/aromatic N) is 1. The number of rotatable bonds is 5. The van der Waals surface area contributed by atoms with E-state index in [0.29, 0.717) is 24.7 Å². The maximum absolute atomic E-state index is 12.4. The van der Waals surface area contributed by atoms with Gasteiger partial charge in [-0.05, 0) is 41.6 Å². The van der Waals surface area contributed by atoms with Crippen molar-refractivity contribution in [3.05, 3.63) is 53.1 Å². The average molecular weight is 377 g/mol. The summed E-state index contributed by atoms with van der Waals surface area (Å²) in [6, 6.07) is 13.6. The molecule has 1 heterocycles. The van der Waals surface area contributed by atoms with Crippen LogP contribution in [0.25, 0.3) is 0 Å². The first-order chi connectivity index (χ1) is 12.1. The summed E-state index contributed by atoms with van der Waals surface area (Å²) < 4.78 is 5.93. The number of hydrogen-bond acceptors (Lipinski definition) is 3. The van der Waals surface area contributed by atoms with E-state index in [1.807, 2.05) is 49.4 Å². The molecule has 2 unspecified atom stereocenters. The van der Waals surface area contributed by atoms with E-state index < -0.39 is 6.10 Å². The third kappa shape index (κ3) is 4.26. The normalized spacial score (nSPS) is 16.1. The first-order valence-electron chi connectivity index (χ1n) is 8.40. The lowest BCUT2D eigenvalue weighted by Crippen LogP contribution is -2.49. The van der Waals surface area contributed by atoms with Gasteiger partial charge in [0.05, 0.1) is 12.2 Å². The topological polar surface area (TPSA) is 41.6 Å². The molecule has 0 saturated carbocycles. The van der Waals surface area contributed by atoms with Gasteiger partial charge < -0.3 is 15.0 Å². The molecular weight excluding hydrogens is 355 g/mol. The fourth-order valence-electron chi connectivity index (χ4n) is 2.87. The maximum atomic E-state index is 12.4. The summed E-state index contributed by atoms with van der Waals surface area (Å²) in [6.07, 6.45) is 0.381. The molecule has 0 radical (unpaired) electrons. The number of carbonyl (C=O) groups excluding carboxylic acids is 1. The molecule has 0 aromatic heterocycles. The van der Waals surface area contributed by atoms with Crippen molar-refractivity contribution in [2.75, 3.05) is 18.0 Å². The number of anilines is 1. The molecule has 0 bridgehead atoms. The van der Waals surface area contributed by atoms with Crippen molar-refractivity contribution in [3.63, 3.8) is 0 Å². The summed E-state index contributed by atoms with van der Waals surface area (Å²) in [5, 5.41) is 4.73. The van der Waals surface area contributed by atoms with Gasteiger partial charge in [0.15, 0.2) is 6.10 Å². The van der Waals surface area contributed by atoms with E-state index in [4.69, 9.17) is 16.3 Å². The molecule has 3 rings (SSSR count). The monoisotopic (exact) mass is 376 g/mol. The van der Waals surface area contributed by atoms with Crippen LogP contribution in [0.1, 0.15) is 18.9 Å². The van der Waals surface area contributed by atoms with E-state index in [1.54, 1.807) is 0 Å². The third-order valence-corrected chi connectivity index (χ3v) is 4.97. The molecule has 132 valence electrons. The molecule has 2 aromatic carbocycles. The minimum absolute atomic E-state index is 0.0708. The standard InChI is InChI=1S/C19H22ClN2O2P/c1-2-9-21-19(23)17-12-22(15-5-3-4-6-16(15)24-17)11-13-10-14(20)7-8-18(13)25/h3-8,10,17H,2,9,11-12,25H2,1H3,(H,21,23). The van der Waals surface area contributed by atoms with Gasteiger partial charge in [0, 0.05) is 18.1 Å². The number of amides is 1. The lowest BCUT2D eigenvalue weighted by molar-refractivity contribution is -0.127. The fourth-order valence-corrected chi connectivity index (χ4v) is 3.34. The zero-order chi connectivity index (χ0) is 17.8. The van der Waals surface area contributed by atoms with E-state index in [9.17, 15) is 4.79 Å². The molecule has 0 fully saturated rings. The number of fused-ring (bicyclic) bond motifs is 1. The Balaban J connectivity index is 1.86. The van der Waals surface area contributed by atoms with Crippen LogP contribution >= 0.6 is 20.8 Å². The van der Waals surface area contributed by atoms with E-state index in [0.717, 1.165) is 28.7 Å². The number of benzene rings is 2. The molecule has 1 aliphatic heterocycles. The third-order valence-electron chi connectivity index (χ3n) is 4.17. The molecule has 1 N–H and O–H groups in total. The molecule has 6 heteroatoms. The van der Waals surface area contributed by atoms with Crippen LogP contribution in [0, 0.1) is 0 Å². The Morgan fingerprint density at radius 3 is 2.96 bits per heavy atom. The summed E-state index contributed by atoms with van der Waals surface area (Å²) in [6.45, 7) is 3.86. The average Bonchev–Trinajstić information content (AvgIpc) is 2.62. The quantitative estimate of drug-likeness (QED) is 0.815.